The van der Waals surface area contributed by atoms with Crippen molar-refractivity contribution >= 4 is 119 Å². The highest BCUT2D eigenvalue weighted by atomic mass is 32.2. The van der Waals surface area contributed by atoms with Crippen molar-refractivity contribution in [3.05, 3.63) is 0 Å². The lowest BCUT2D eigenvalue weighted by Crippen LogP contribution is -2.36. The Morgan fingerprint density at radius 1 is 0.173 bits per heavy atom. The third-order valence-electron chi connectivity index (χ3n) is 25.1. The van der Waals surface area contributed by atoms with Gasteiger partial charge >= 0.3 is 59.7 Å². The topological polar surface area (TPSA) is 273 Å². The maximum Gasteiger partial charge on any atom is 0.309 e. The maximum absolute atomic E-state index is 13.6. The standard InChI is InChI=1S/C111H207N3O20S5/c1-11-16-21-26-31-36-41-46-51-56-87-135-92-97(6)107(120)130-82-77-125-102(115)63-72-112(68-61-70-113(73-64-103(116)126-78-83-131-108(121)98(7)93-136-88-57-52-47-42-37-32-27-22-17-12-2)74-65-104(117)127-79-84-132-109(122)99(8)94-137-89-58-53-48-43-38-33-28-23-18-13-3)69-62-71-114(75-66-105(118)128-80-85-133-110(123)100(9)95-138-90-59-54-49-44-39-34-29-24-19-14-4)76-67-106(119)129-81-86-134-111(124)101(10)96-139-91-60-55-50-45-40-35-30-25-20-15-5/h97-101H,11-96H2,1-10H3. The SMILES string of the molecule is CCCCCCCCCCCCSCC(C)C(=O)OCCOC(=O)CCN(CCCN(CCC(=O)OCCOC(=O)C(C)CSCCCCCCCCCCCC)CCC(=O)OCCOC(=O)C(C)CSCCCCCCCCCCCC)CCCN(CCC(=O)OCCOC(=O)C(C)CSCCCCCCCCCCCC)CCC(=O)OCCOC(=O)C(C)CSCCCCCCCCCCCC. The first-order valence-corrected chi connectivity index (χ1v) is 62.2. The van der Waals surface area contributed by atoms with Gasteiger partial charge in [-0.25, -0.2) is 0 Å². The summed E-state index contributed by atoms with van der Waals surface area (Å²) in [7, 11) is 0. The molecule has 0 spiro atoms. The average Bonchev–Trinajstić information content (AvgIpc) is 0.928. The predicted octanol–water partition coefficient (Wildman–Crippen LogP) is 26.5. The molecular weight excluding hydrogens is 1860 g/mol. The van der Waals surface area contributed by atoms with Crippen molar-refractivity contribution in [2.24, 2.45) is 29.6 Å². The Kier molecular flexibility index (Phi) is 102. The molecule has 0 bridgehead atoms. The summed E-state index contributed by atoms with van der Waals surface area (Å²) >= 11 is 8.81. The molecule has 0 aromatic rings. The van der Waals surface area contributed by atoms with Crippen LogP contribution in [0.3, 0.4) is 0 Å². The lowest BCUT2D eigenvalue weighted by Gasteiger charge is -2.27. The van der Waals surface area contributed by atoms with Crippen LogP contribution in [0.2, 0.25) is 0 Å². The number of carbonyl (C=O) groups is 10. The Morgan fingerprint density at radius 2 is 0.302 bits per heavy atom. The second-order valence-electron chi connectivity index (χ2n) is 38.7. The van der Waals surface area contributed by atoms with E-state index in [0.717, 1.165) is 60.9 Å². The van der Waals surface area contributed by atoms with Crippen LogP contribution >= 0.6 is 58.8 Å². The third kappa shape index (κ3) is 93.8. The van der Waals surface area contributed by atoms with Crippen LogP contribution in [-0.4, -0.2) is 257 Å². The van der Waals surface area contributed by atoms with Gasteiger partial charge in [-0.05, 0) is 99.9 Å². The second kappa shape index (κ2) is 104. The first-order chi connectivity index (χ1) is 67.7. The number of nitrogens with zero attached hydrogens (tertiary/aromatic N) is 3. The number of rotatable bonds is 108. The van der Waals surface area contributed by atoms with E-state index in [0.29, 0.717) is 67.8 Å². The van der Waals surface area contributed by atoms with Crippen LogP contribution in [0, 0.1) is 29.6 Å². The third-order valence-corrected chi connectivity index (χ3v) is 31.6. The van der Waals surface area contributed by atoms with Crippen LogP contribution in [0.4, 0.5) is 0 Å². The molecule has 0 heterocycles. The Balaban J connectivity index is 6.55. The van der Waals surface area contributed by atoms with Crippen molar-refractivity contribution in [3.8, 4) is 0 Å². The molecule has 139 heavy (non-hydrogen) atoms. The van der Waals surface area contributed by atoms with E-state index < -0.39 is 29.8 Å². The van der Waals surface area contributed by atoms with E-state index in [1.54, 1.807) is 58.8 Å². The fourth-order valence-corrected chi connectivity index (χ4v) is 21.3. The summed E-state index contributed by atoms with van der Waals surface area (Å²) in [5.74, 6) is 2.46. The number of esters is 10. The van der Waals surface area contributed by atoms with Gasteiger partial charge in [0.25, 0.3) is 0 Å². The highest BCUT2D eigenvalue weighted by Gasteiger charge is 2.24. The first kappa shape index (κ1) is 135. The molecule has 0 N–H and O–H groups in total. The van der Waals surface area contributed by atoms with Gasteiger partial charge in [0, 0.05) is 61.5 Å². The van der Waals surface area contributed by atoms with Gasteiger partial charge in [0.2, 0.25) is 0 Å². The monoisotopic (exact) mass is 2060 g/mol. The number of thioether (sulfide) groups is 5. The number of hydrogen-bond donors (Lipinski definition) is 0. The molecular formula is C111H207N3O20S5. The molecule has 0 fully saturated rings. The highest BCUT2D eigenvalue weighted by molar-refractivity contribution is 8.00. The van der Waals surface area contributed by atoms with Gasteiger partial charge in [-0.1, -0.05) is 358 Å². The van der Waals surface area contributed by atoms with Crippen molar-refractivity contribution < 1.29 is 95.3 Å². The molecule has 23 nitrogen and oxygen atoms in total. The zero-order valence-corrected chi connectivity index (χ0v) is 94.3. The Hall–Kier alpha value is -3.67. The normalized spacial score (nSPS) is 12.6. The summed E-state index contributed by atoms with van der Waals surface area (Å²) in [6.45, 7) is 22.4. The second-order valence-corrected chi connectivity index (χ2v) is 44.5. The van der Waals surface area contributed by atoms with Crippen molar-refractivity contribution in [2.75, 3.05) is 183 Å². The summed E-state index contributed by atoms with van der Waals surface area (Å²) in [6, 6.07) is 0. The van der Waals surface area contributed by atoms with Crippen LogP contribution in [0.1, 0.15) is 435 Å². The van der Waals surface area contributed by atoms with Crippen LogP contribution in [-0.2, 0) is 95.3 Å². The summed E-state index contributed by atoms with van der Waals surface area (Å²) in [4.78, 5) is 139. The van der Waals surface area contributed by atoms with Gasteiger partial charge in [-0.15, -0.1) is 0 Å². The zero-order chi connectivity index (χ0) is 102. The van der Waals surface area contributed by atoms with Crippen LogP contribution < -0.4 is 0 Å². The maximum atomic E-state index is 13.6. The Labute approximate surface area is 870 Å². The molecule has 0 aromatic heterocycles. The van der Waals surface area contributed by atoms with Gasteiger partial charge in [0.05, 0.1) is 61.7 Å². The van der Waals surface area contributed by atoms with E-state index in [2.05, 4.69) is 39.5 Å². The Morgan fingerprint density at radius 3 is 0.453 bits per heavy atom. The summed E-state index contributed by atoms with van der Waals surface area (Å²) in [5.41, 5.74) is 0. The molecule has 28 heteroatoms. The molecule has 0 aliphatic heterocycles. The zero-order valence-electron chi connectivity index (χ0n) is 90.2. The first-order valence-electron chi connectivity index (χ1n) is 56.4. The predicted molar refractivity (Wildman–Crippen MR) is 583 cm³/mol. The summed E-state index contributed by atoms with van der Waals surface area (Å²) < 4.78 is 55.8. The lowest BCUT2D eigenvalue weighted by atomic mass is 10.1. The molecule has 816 valence electrons. The molecule has 0 aromatic carbocycles. The summed E-state index contributed by atoms with van der Waals surface area (Å²) in [5, 5.41) is 0. The molecule has 0 saturated heterocycles. The number of unbranched alkanes of at least 4 members (excludes halogenated alkanes) is 45. The highest BCUT2D eigenvalue weighted by Crippen LogP contribution is 2.23. The van der Waals surface area contributed by atoms with Crippen molar-refractivity contribution in [2.45, 2.75) is 435 Å². The van der Waals surface area contributed by atoms with E-state index >= 15 is 0 Å². The van der Waals surface area contributed by atoms with Crippen LogP contribution in [0.5, 0.6) is 0 Å². The molecule has 0 rings (SSSR count). The molecule has 5 unspecified atom stereocenters. The minimum atomic E-state index is -0.503. The molecule has 0 radical (unpaired) electrons. The number of ether oxygens (including phenoxy) is 10. The number of carbonyl (C=O) groups excluding carboxylic acids is 10. The fraction of sp³-hybridized carbons (Fsp3) is 0.910. The number of hydrogen-bond acceptors (Lipinski definition) is 28. The van der Waals surface area contributed by atoms with Gasteiger partial charge in [-0.3, -0.25) is 47.9 Å². The van der Waals surface area contributed by atoms with Crippen molar-refractivity contribution in [1.82, 2.24) is 14.7 Å². The van der Waals surface area contributed by atoms with Gasteiger partial charge < -0.3 is 62.1 Å². The van der Waals surface area contributed by atoms with E-state index in [1.807, 2.05) is 44.4 Å². The average molecular weight is 2060 g/mol. The van der Waals surface area contributed by atoms with Crippen molar-refractivity contribution in [3.63, 3.8) is 0 Å². The van der Waals surface area contributed by atoms with Crippen molar-refractivity contribution in [1.29, 1.82) is 0 Å². The summed E-state index contributed by atoms with van der Waals surface area (Å²) in [6.07, 6.45) is 64.4. The van der Waals surface area contributed by atoms with E-state index in [-0.39, 0.29) is 190 Å². The lowest BCUT2D eigenvalue weighted by molar-refractivity contribution is -0.154. The molecule has 0 aliphatic rings. The largest absolute Gasteiger partial charge is 0.462 e. The minimum absolute atomic E-state index is 0.00124. The fourth-order valence-electron chi connectivity index (χ4n) is 15.9. The quantitative estimate of drug-likeness (QED) is 0.0311. The molecule has 0 amide bonds. The smallest absolute Gasteiger partial charge is 0.309 e. The van der Waals surface area contributed by atoms with E-state index in [9.17, 15) is 47.9 Å². The molecule has 5 atom stereocenters. The molecule has 0 saturated carbocycles. The minimum Gasteiger partial charge on any atom is -0.462 e. The van der Waals surface area contributed by atoms with Gasteiger partial charge in [0.15, 0.2) is 0 Å². The molecule has 0 aliphatic carbocycles. The van der Waals surface area contributed by atoms with Gasteiger partial charge in [-0.2, -0.15) is 58.8 Å². The Bertz CT molecular complexity index is 2590. The van der Waals surface area contributed by atoms with E-state index in [1.165, 1.54) is 289 Å². The van der Waals surface area contributed by atoms with Crippen LogP contribution in [0.25, 0.3) is 0 Å². The van der Waals surface area contributed by atoms with E-state index in [4.69, 9.17) is 47.4 Å². The van der Waals surface area contributed by atoms with Gasteiger partial charge in [0.1, 0.15) is 66.1 Å². The van der Waals surface area contributed by atoms with Crippen LogP contribution in [0.15, 0.2) is 0 Å².